The normalized spacial score (nSPS) is 16.6. The second-order valence-electron chi connectivity index (χ2n) is 5.92. The molecule has 112 valence electrons. The van der Waals surface area contributed by atoms with Crippen LogP contribution in [0.3, 0.4) is 0 Å². The van der Waals surface area contributed by atoms with Crippen molar-refractivity contribution in [3.63, 3.8) is 0 Å². The average molecular weight is 293 g/mol. The molecule has 0 spiro atoms. The van der Waals surface area contributed by atoms with Gasteiger partial charge in [0.2, 0.25) is 0 Å². The van der Waals surface area contributed by atoms with Crippen LogP contribution in [0.15, 0.2) is 6.07 Å². The van der Waals surface area contributed by atoms with Crippen molar-refractivity contribution >= 4 is 17.5 Å². The van der Waals surface area contributed by atoms with Crippen LogP contribution in [0.25, 0.3) is 0 Å². The van der Waals surface area contributed by atoms with Crippen LogP contribution >= 0.6 is 11.8 Å². The van der Waals surface area contributed by atoms with Gasteiger partial charge in [0.15, 0.2) is 5.78 Å². The zero-order valence-electron chi connectivity index (χ0n) is 13.1. The molecule has 1 aliphatic rings. The largest absolute Gasteiger partial charge is 0.345 e. The zero-order valence-corrected chi connectivity index (χ0v) is 13.9. The number of ketones is 1. The van der Waals surface area contributed by atoms with E-state index in [-0.39, 0.29) is 0 Å². The third-order valence-corrected chi connectivity index (χ3v) is 5.47. The van der Waals surface area contributed by atoms with Gasteiger partial charge in [0.25, 0.3) is 0 Å². The molecule has 0 aromatic carbocycles. The first-order valence-corrected chi connectivity index (χ1v) is 9.10. The van der Waals surface area contributed by atoms with Gasteiger partial charge < -0.3 is 4.57 Å². The Morgan fingerprint density at radius 1 is 1.30 bits per heavy atom. The van der Waals surface area contributed by atoms with Gasteiger partial charge in [0.05, 0.1) is 5.75 Å². The van der Waals surface area contributed by atoms with E-state index in [1.165, 1.54) is 43.5 Å². The minimum atomic E-state index is 0.304. The first-order valence-electron chi connectivity index (χ1n) is 7.94. The highest BCUT2D eigenvalue weighted by Gasteiger charge is 2.22. The van der Waals surface area contributed by atoms with Crippen molar-refractivity contribution in [2.75, 3.05) is 11.5 Å². The van der Waals surface area contributed by atoms with Crippen LogP contribution < -0.4 is 0 Å². The Bertz CT molecular complexity index is 458. The van der Waals surface area contributed by atoms with Gasteiger partial charge in [-0.15, -0.1) is 0 Å². The summed E-state index contributed by atoms with van der Waals surface area (Å²) < 4.78 is 2.43. The number of thioether (sulfide) groups is 1. The first-order chi connectivity index (χ1) is 9.65. The predicted molar refractivity (Wildman–Crippen MR) is 88.0 cm³/mol. The molecule has 0 aliphatic heterocycles. The summed E-state index contributed by atoms with van der Waals surface area (Å²) in [5.41, 5.74) is 3.41. The second-order valence-corrected chi connectivity index (χ2v) is 7.03. The lowest BCUT2D eigenvalue weighted by atomic mass is 9.95. The molecular formula is C17H27NOS. The van der Waals surface area contributed by atoms with Crippen molar-refractivity contribution in [2.45, 2.75) is 65.3 Å². The van der Waals surface area contributed by atoms with Crippen LogP contribution in [0.1, 0.15) is 73.2 Å². The number of aryl methyl sites for hydroxylation is 1. The van der Waals surface area contributed by atoms with E-state index in [0.717, 1.165) is 17.7 Å². The van der Waals surface area contributed by atoms with Crippen LogP contribution in [-0.4, -0.2) is 21.9 Å². The van der Waals surface area contributed by atoms with Gasteiger partial charge in [-0.25, -0.2) is 0 Å². The van der Waals surface area contributed by atoms with E-state index >= 15 is 0 Å². The summed E-state index contributed by atoms with van der Waals surface area (Å²) in [6, 6.07) is 2.73. The van der Waals surface area contributed by atoms with E-state index in [2.05, 4.69) is 31.4 Å². The molecule has 1 aromatic heterocycles. The molecule has 1 aliphatic carbocycles. The Hall–Kier alpha value is -0.700. The Balaban J connectivity index is 2.13. The maximum absolute atomic E-state index is 12.4. The van der Waals surface area contributed by atoms with Gasteiger partial charge in [0.1, 0.15) is 0 Å². The third kappa shape index (κ3) is 3.49. The molecule has 0 saturated heterocycles. The van der Waals surface area contributed by atoms with Gasteiger partial charge in [-0.2, -0.15) is 11.8 Å². The van der Waals surface area contributed by atoms with Gasteiger partial charge in [-0.1, -0.05) is 26.2 Å². The summed E-state index contributed by atoms with van der Waals surface area (Å²) in [4.78, 5) is 12.4. The molecule has 2 nitrogen and oxygen atoms in total. The molecule has 3 heteroatoms. The summed E-state index contributed by atoms with van der Waals surface area (Å²) >= 11 is 1.76. The van der Waals surface area contributed by atoms with Gasteiger partial charge in [-0.05, 0) is 44.9 Å². The number of hydrogen-bond acceptors (Lipinski definition) is 2. The first kappa shape index (κ1) is 15.7. The molecule has 0 amide bonds. The minimum absolute atomic E-state index is 0.304. The maximum atomic E-state index is 12.4. The Labute approximate surface area is 127 Å². The lowest BCUT2D eigenvalue weighted by Gasteiger charge is -2.26. The standard InChI is InChI=1S/C17H27NOS/c1-4-10-20-12-17(19)16-11-13(2)18(14(16)3)15-8-6-5-7-9-15/h11,15H,4-10,12H2,1-3H3. The highest BCUT2D eigenvalue weighted by molar-refractivity contribution is 7.99. The topological polar surface area (TPSA) is 22.0 Å². The molecule has 20 heavy (non-hydrogen) atoms. The van der Waals surface area contributed by atoms with Crippen LogP contribution in [0.4, 0.5) is 0 Å². The molecule has 1 aromatic rings. The molecule has 0 radical (unpaired) electrons. The Morgan fingerprint density at radius 2 is 2.00 bits per heavy atom. The van der Waals surface area contributed by atoms with Crippen LogP contribution in [0.2, 0.25) is 0 Å². The highest BCUT2D eigenvalue weighted by atomic mass is 32.2. The summed E-state index contributed by atoms with van der Waals surface area (Å²) in [5.74, 6) is 2.01. The van der Waals surface area contributed by atoms with Crippen molar-refractivity contribution < 1.29 is 4.79 Å². The Kier molecular flexibility index (Phi) is 5.76. The van der Waals surface area contributed by atoms with Crippen molar-refractivity contribution in [1.29, 1.82) is 0 Å². The monoisotopic (exact) mass is 293 g/mol. The third-order valence-electron chi connectivity index (χ3n) is 4.31. The molecule has 0 bridgehead atoms. The summed E-state index contributed by atoms with van der Waals surface area (Å²) in [6.07, 6.45) is 7.71. The van der Waals surface area contributed by atoms with E-state index in [0.29, 0.717) is 17.6 Å². The van der Waals surface area contributed by atoms with Gasteiger partial charge >= 0.3 is 0 Å². The summed E-state index contributed by atoms with van der Waals surface area (Å²) in [6.45, 7) is 6.43. The SMILES string of the molecule is CCCSCC(=O)c1cc(C)n(C2CCCCC2)c1C. The van der Waals surface area contributed by atoms with Crippen LogP contribution in [-0.2, 0) is 0 Å². The van der Waals surface area contributed by atoms with Crippen LogP contribution in [0.5, 0.6) is 0 Å². The number of aromatic nitrogens is 1. The molecule has 0 N–H and O–H groups in total. The van der Waals surface area contributed by atoms with Crippen molar-refractivity contribution in [2.24, 2.45) is 0 Å². The summed E-state index contributed by atoms with van der Waals surface area (Å²) in [7, 11) is 0. The fourth-order valence-electron chi connectivity index (χ4n) is 3.35. The number of rotatable bonds is 6. The fourth-order valence-corrected chi connectivity index (χ4v) is 4.12. The van der Waals surface area contributed by atoms with E-state index in [1.807, 2.05) is 0 Å². The van der Waals surface area contributed by atoms with E-state index in [1.54, 1.807) is 11.8 Å². The number of hydrogen-bond donors (Lipinski definition) is 0. The molecule has 1 fully saturated rings. The number of carbonyl (C=O) groups is 1. The number of carbonyl (C=O) groups excluding carboxylic acids is 1. The molecule has 0 atom stereocenters. The van der Waals surface area contributed by atoms with Crippen molar-refractivity contribution in [1.82, 2.24) is 4.57 Å². The maximum Gasteiger partial charge on any atom is 0.174 e. The Morgan fingerprint density at radius 3 is 2.65 bits per heavy atom. The van der Waals surface area contributed by atoms with Crippen molar-refractivity contribution in [3.05, 3.63) is 23.0 Å². The zero-order chi connectivity index (χ0) is 14.5. The lowest BCUT2D eigenvalue weighted by Crippen LogP contribution is -2.16. The van der Waals surface area contributed by atoms with Gasteiger partial charge in [-0.3, -0.25) is 4.79 Å². The highest BCUT2D eigenvalue weighted by Crippen LogP contribution is 2.32. The number of Topliss-reactive ketones (excluding diaryl/α,β-unsaturated/α-hetero) is 1. The lowest BCUT2D eigenvalue weighted by molar-refractivity contribution is 0.102. The van der Waals surface area contributed by atoms with Crippen molar-refractivity contribution in [3.8, 4) is 0 Å². The molecule has 2 rings (SSSR count). The molecule has 0 unspecified atom stereocenters. The quantitative estimate of drug-likeness (QED) is 0.547. The average Bonchev–Trinajstić information content (AvgIpc) is 2.75. The molecule has 1 heterocycles. The molecule has 1 saturated carbocycles. The minimum Gasteiger partial charge on any atom is -0.345 e. The summed E-state index contributed by atoms with van der Waals surface area (Å²) in [5, 5.41) is 0. The fraction of sp³-hybridized carbons (Fsp3) is 0.706. The van der Waals surface area contributed by atoms with E-state index in [4.69, 9.17) is 0 Å². The van der Waals surface area contributed by atoms with Gasteiger partial charge in [0, 0.05) is 23.0 Å². The van der Waals surface area contributed by atoms with Crippen LogP contribution in [0, 0.1) is 13.8 Å². The van der Waals surface area contributed by atoms with E-state index in [9.17, 15) is 4.79 Å². The predicted octanol–water partition coefficient (Wildman–Crippen LogP) is 4.94. The smallest absolute Gasteiger partial charge is 0.174 e. The number of nitrogens with zero attached hydrogens (tertiary/aromatic N) is 1. The second kappa shape index (κ2) is 7.35. The molecular weight excluding hydrogens is 266 g/mol. The van der Waals surface area contributed by atoms with E-state index < -0.39 is 0 Å².